The summed E-state index contributed by atoms with van der Waals surface area (Å²) in [5, 5.41) is 10.2. The molecule has 0 atom stereocenters. The number of carbonyl (C=O) groups is 1. The zero-order valence-corrected chi connectivity index (χ0v) is 15.5. The molecule has 2 aromatic rings. The van der Waals surface area contributed by atoms with Crippen LogP contribution >= 0.6 is 11.8 Å². The molecule has 4 bridgehead atoms. The monoisotopic (exact) mass is 368 g/mol. The van der Waals surface area contributed by atoms with E-state index in [4.69, 9.17) is 0 Å². The number of rotatable bonds is 5. The van der Waals surface area contributed by atoms with E-state index in [9.17, 15) is 4.79 Å². The lowest BCUT2D eigenvalue weighted by molar-refractivity contribution is -0.113. The molecule has 1 heterocycles. The number of H-pyrrole nitrogens is 1. The molecule has 1 amide bonds. The molecule has 1 aromatic carbocycles. The predicted octanol–water partition coefficient (Wildman–Crippen LogP) is 4.08. The maximum atomic E-state index is 12.1. The number of nitrogens with zero attached hydrogens (tertiary/aromatic N) is 2. The van der Waals surface area contributed by atoms with Gasteiger partial charge in [-0.25, -0.2) is 4.98 Å². The zero-order chi connectivity index (χ0) is 17.5. The van der Waals surface area contributed by atoms with Crippen LogP contribution in [0.2, 0.25) is 0 Å². The van der Waals surface area contributed by atoms with E-state index in [1.165, 1.54) is 55.8 Å². The lowest BCUT2D eigenvalue weighted by atomic mass is 9.51. The van der Waals surface area contributed by atoms with Gasteiger partial charge >= 0.3 is 0 Å². The average molecular weight is 369 g/mol. The van der Waals surface area contributed by atoms with Crippen LogP contribution in [0.4, 0.5) is 5.69 Å². The molecule has 4 saturated carbocycles. The van der Waals surface area contributed by atoms with E-state index >= 15 is 0 Å². The Labute approximate surface area is 157 Å². The van der Waals surface area contributed by atoms with E-state index < -0.39 is 0 Å². The molecule has 5 nitrogen and oxygen atoms in total. The maximum Gasteiger partial charge on any atom is 0.234 e. The average Bonchev–Trinajstić information content (AvgIpc) is 3.14. The fraction of sp³-hybridized carbons (Fsp3) is 0.550. The number of benzene rings is 1. The fourth-order valence-corrected chi connectivity index (χ4v) is 6.43. The second-order valence-corrected chi connectivity index (χ2v) is 9.17. The number of thioether (sulfide) groups is 1. The molecule has 0 spiro atoms. The van der Waals surface area contributed by atoms with Gasteiger partial charge in [-0.2, -0.15) is 5.10 Å². The summed E-state index contributed by atoms with van der Waals surface area (Å²) in [6.45, 7) is 0. The number of nitrogens with one attached hydrogen (secondary N) is 2. The normalized spacial score (nSPS) is 31.9. The third-order valence-electron chi connectivity index (χ3n) is 6.54. The number of hydrogen-bond donors (Lipinski definition) is 2. The van der Waals surface area contributed by atoms with Crippen LogP contribution in [0.3, 0.4) is 0 Å². The van der Waals surface area contributed by atoms with Gasteiger partial charge in [0.25, 0.3) is 0 Å². The first-order chi connectivity index (χ1) is 12.7. The van der Waals surface area contributed by atoms with Gasteiger partial charge in [-0.05, 0) is 79.4 Å². The summed E-state index contributed by atoms with van der Waals surface area (Å²) in [7, 11) is 0. The molecule has 0 aliphatic heterocycles. The van der Waals surface area contributed by atoms with Crippen molar-refractivity contribution < 1.29 is 4.79 Å². The van der Waals surface area contributed by atoms with Gasteiger partial charge in [-0.1, -0.05) is 23.9 Å². The van der Waals surface area contributed by atoms with Gasteiger partial charge in [0.15, 0.2) is 5.16 Å². The Morgan fingerprint density at radius 3 is 2.38 bits per heavy atom. The first-order valence-electron chi connectivity index (χ1n) is 9.62. The van der Waals surface area contributed by atoms with Gasteiger partial charge in [0.1, 0.15) is 6.33 Å². The van der Waals surface area contributed by atoms with E-state index in [0.717, 1.165) is 35.3 Å². The first-order valence-corrected chi connectivity index (χ1v) is 10.6. The van der Waals surface area contributed by atoms with Gasteiger partial charge in [0, 0.05) is 5.69 Å². The lowest BCUT2D eigenvalue weighted by Gasteiger charge is -2.54. The highest BCUT2D eigenvalue weighted by Crippen LogP contribution is 2.59. The predicted molar refractivity (Wildman–Crippen MR) is 102 cm³/mol. The van der Waals surface area contributed by atoms with Crippen LogP contribution < -0.4 is 5.32 Å². The Morgan fingerprint density at radius 2 is 1.77 bits per heavy atom. The summed E-state index contributed by atoms with van der Waals surface area (Å²) < 4.78 is 0. The van der Waals surface area contributed by atoms with Crippen LogP contribution in [0.25, 0.3) is 0 Å². The molecule has 6 heteroatoms. The Kier molecular flexibility index (Phi) is 4.23. The molecule has 4 aliphatic rings. The van der Waals surface area contributed by atoms with Crippen molar-refractivity contribution in [2.45, 2.75) is 43.2 Å². The van der Waals surface area contributed by atoms with E-state index in [-0.39, 0.29) is 5.91 Å². The van der Waals surface area contributed by atoms with E-state index in [1.807, 2.05) is 0 Å². The molecule has 6 rings (SSSR count). The number of amides is 1. The Morgan fingerprint density at radius 1 is 1.08 bits per heavy atom. The summed E-state index contributed by atoms with van der Waals surface area (Å²) in [5.41, 5.74) is 2.36. The second-order valence-electron chi connectivity index (χ2n) is 8.21. The van der Waals surface area contributed by atoms with Crippen molar-refractivity contribution in [1.82, 2.24) is 15.2 Å². The van der Waals surface area contributed by atoms with Gasteiger partial charge in [0.05, 0.1) is 5.75 Å². The summed E-state index contributed by atoms with van der Waals surface area (Å²) >= 11 is 1.35. The highest BCUT2D eigenvalue weighted by molar-refractivity contribution is 7.99. The van der Waals surface area contributed by atoms with E-state index in [0.29, 0.717) is 10.9 Å². The molecule has 0 radical (unpaired) electrons. The van der Waals surface area contributed by atoms with Gasteiger partial charge in [-0.15, -0.1) is 0 Å². The molecule has 136 valence electrons. The van der Waals surface area contributed by atoms with Gasteiger partial charge in [-0.3, -0.25) is 9.89 Å². The molecule has 0 saturated heterocycles. The number of aromatic nitrogens is 3. The molecule has 2 N–H and O–H groups in total. The molecular weight excluding hydrogens is 344 g/mol. The summed E-state index contributed by atoms with van der Waals surface area (Å²) in [6.07, 6.45) is 8.70. The topological polar surface area (TPSA) is 70.7 Å². The molecule has 4 fully saturated rings. The van der Waals surface area contributed by atoms with Crippen molar-refractivity contribution in [3.8, 4) is 0 Å². The van der Waals surface area contributed by atoms with Crippen LogP contribution in [0.1, 0.15) is 43.6 Å². The summed E-state index contributed by atoms with van der Waals surface area (Å²) in [5.74, 6) is 4.86. The van der Waals surface area contributed by atoms with Crippen LogP contribution in [0, 0.1) is 23.7 Å². The quantitative estimate of drug-likeness (QED) is 0.780. The van der Waals surface area contributed by atoms with Crippen LogP contribution in [-0.2, 0) is 4.79 Å². The lowest BCUT2D eigenvalue weighted by Crippen LogP contribution is -2.43. The van der Waals surface area contributed by atoms with Crippen molar-refractivity contribution in [1.29, 1.82) is 0 Å². The Hall–Kier alpha value is -1.82. The van der Waals surface area contributed by atoms with Crippen molar-refractivity contribution in [3.63, 3.8) is 0 Å². The van der Waals surface area contributed by atoms with Crippen molar-refractivity contribution in [3.05, 3.63) is 36.2 Å². The minimum Gasteiger partial charge on any atom is -0.325 e. The van der Waals surface area contributed by atoms with E-state index in [1.54, 1.807) is 0 Å². The minimum atomic E-state index is -0.0197. The Balaban J connectivity index is 1.21. The van der Waals surface area contributed by atoms with Crippen LogP contribution in [-0.4, -0.2) is 26.8 Å². The number of anilines is 1. The SMILES string of the molecule is O=C(CSc1ncn[nH]1)Nc1ccc(C2C3CC4CC(C3)CC2C4)cc1. The molecule has 1 aromatic heterocycles. The van der Waals surface area contributed by atoms with Gasteiger partial charge < -0.3 is 5.32 Å². The fourth-order valence-electron chi connectivity index (χ4n) is 5.85. The molecular formula is C20H24N4OS. The summed E-state index contributed by atoms with van der Waals surface area (Å²) in [6, 6.07) is 8.62. The van der Waals surface area contributed by atoms with Crippen LogP contribution in [0.5, 0.6) is 0 Å². The smallest absolute Gasteiger partial charge is 0.234 e. The maximum absolute atomic E-state index is 12.1. The highest BCUT2D eigenvalue weighted by atomic mass is 32.2. The number of carbonyl (C=O) groups excluding carboxylic acids is 1. The third-order valence-corrected chi connectivity index (χ3v) is 7.42. The van der Waals surface area contributed by atoms with Crippen molar-refractivity contribution in [2.24, 2.45) is 23.7 Å². The first kappa shape index (κ1) is 16.4. The molecule has 0 unspecified atom stereocenters. The molecule has 26 heavy (non-hydrogen) atoms. The zero-order valence-electron chi connectivity index (χ0n) is 14.7. The number of aromatic amines is 1. The standard InChI is InChI=1S/C20H24N4OS/c25-18(10-26-20-21-11-22-24-20)23-17-3-1-14(2-4-17)19-15-6-12-5-13(8-15)9-16(19)7-12/h1-4,11-13,15-16,19H,5-10H2,(H,23,25)(H,21,22,24). The summed E-state index contributed by atoms with van der Waals surface area (Å²) in [4.78, 5) is 16.1. The Bertz CT molecular complexity index is 746. The van der Waals surface area contributed by atoms with Crippen molar-refractivity contribution >= 4 is 23.4 Å². The largest absolute Gasteiger partial charge is 0.325 e. The minimum absolute atomic E-state index is 0.0197. The highest BCUT2D eigenvalue weighted by Gasteiger charge is 2.48. The number of hydrogen-bond acceptors (Lipinski definition) is 4. The van der Waals surface area contributed by atoms with E-state index in [2.05, 4.69) is 44.8 Å². The third kappa shape index (κ3) is 3.15. The van der Waals surface area contributed by atoms with Crippen molar-refractivity contribution in [2.75, 3.05) is 11.1 Å². The molecule has 4 aliphatic carbocycles. The van der Waals surface area contributed by atoms with Crippen LogP contribution in [0.15, 0.2) is 35.7 Å². The second kappa shape index (κ2) is 6.72. The van der Waals surface area contributed by atoms with Gasteiger partial charge in [0.2, 0.25) is 5.91 Å².